The molecule has 1 heterocycles. The molecule has 6 heteroatoms. The Bertz CT molecular complexity index is 945. The average molecular weight is 311 g/mol. The Morgan fingerprint density at radius 1 is 1.17 bits per heavy atom. The molecule has 0 unspecified atom stereocenters. The predicted octanol–water partition coefficient (Wildman–Crippen LogP) is 3.59. The molecule has 0 radical (unpaired) electrons. The highest BCUT2D eigenvalue weighted by atomic mass is 16.6. The summed E-state index contributed by atoms with van der Waals surface area (Å²) < 4.78 is 10.7. The van der Waals surface area contributed by atoms with Crippen LogP contribution >= 0.6 is 0 Å². The molecule has 23 heavy (non-hydrogen) atoms. The molecular formula is C17H13NO5. The SMILES string of the molecule is Cc1ccc2c(COc3ccccc3[N+](=O)[O-])cc(=O)oc2c1. The molecule has 3 aromatic rings. The third kappa shape index (κ3) is 3.06. The number of nitrogens with zero attached hydrogens (tertiary/aromatic N) is 1. The van der Waals surface area contributed by atoms with Crippen molar-refractivity contribution in [2.24, 2.45) is 0 Å². The van der Waals surface area contributed by atoms with Crippen LogP contribution in [0.1, 0.15) is 11.1 Å². The van der Waals surface area contributed by atoms with Crippen molar-refractivity contribution in [3.63, 3.8) is 0 Å². The van der Waals surface area contributed by atoms with Crippen molar-refractivity contribution >= 4 is 16.7 Å². The van der Waals surface area contributed by atoms with E-state index in [4.69, 9.17) is 9.15 Å². The molecule has 0 amide bonds. The molecule has 0 atom stereocenters. The van der Waals surface area contributed by atoms with Gasteiger partial charge in [-0.3, -0.25) is 10.1 Å². The zero-order valence-corrected chi connectivity index (χ0v) is 12.3. The van der Waals surface area contributed by atoms with Crippen LogP contribution in [-0.4, -0.2) is 4.92 Å². The molecular weight excluding hydrogens is 298 g/mol. The Kier molecular flexibility index (Phi) is 3.80. The summed E-state index contributed by atoms with van der Waals surface area (Å²) in [5, 5.41) is 11.7. The van der Waals surface area contributed by atoms with Crippen LogP contribution in [0, 0.1) is 17.0 Å². The van der Waals surface area contributed by atoms with Crippen LogP contribution < -0.4 is 10.4 Å². The second-order valence-corrected chi connectivity index (χ2v) is 5.10. The molecule has 0 fully saturated rings. The molecule has 6 nitrogen and oxygen atoms in total. The maximum Gasteiger partial charge on any atom is 0.336 e. The van der Waals surface area contributed by atoms with Gasteiger partial charge >= 0.3 is 11.3 Å². The normalized spacial score (nSPS) is 10.7. The second-order valence-electron chi connectivity index (χ2n) is 5.10. The Hall–Kier alpha value is -3.15. The molecule has 0 spiro atoms. The van der Waals surface area contributed by atoms with Crippen molar-refractivity contribution in [1.82, 2.24) is 0 Å². The van der Waals surface area contributed by atoms with E-state index in [-0.39, 0.29) is 18.0 Å². The summed E-state index contributed by atoms with van der Waals surface area (Å²) in [5.74, 6) is 0.158. The van der Waals surface area contributed by atoms with Crippen LogP contribution in [0.4, 0.5) is 5.69 Å². The molecule has 0 bridgehead atoms. The molecule has 116 valence electrons. The number of benzene rings is 2. The van der Waals surface area contributed by atoms with Crippen LogP contribution in [0.5, 0.6) is 5.75 Å². The number of rotatable bonds is 4. The van der Waals surface area contributed by atoms with Gasteiger partial charge in [0, 0.05) is 23.1 Å². The van der Waals surface area contributed by atoms with Crippen LogP contribution in [0.3, 0.4) is 0 Å². The van der Waals surface area contributed by atoms with Crippen LogP contribution in [0.15, 0.2) is 57.7 Å². The zero-order valence-electron chi connectivity index (χ0n) is 12.3. The van der Waals surface area contributed by atoms with Gasteiger partial charge in [-0.05, 0) is 24.6 Å². The number of ether oxygens (including phenoxy) is 1. The summed E-state index contributed by atoms with van der Waals surface area (Å²) >= 11 is 0. The number of hydrogen-bond donors (Lipinski definition) is 0. The fraction of sp³-hybridized carbons (Fsp3) is 0.118. The molecule has 3 rings (SSSR count). The molecule has 0 aliphatic heterocycles. The summed E-state index contributed by atoms with van der Waals surface area (Å²) in [6.07, 6.45) is 0. The van der Waals surface area contributed by atoms with Crippen molar-refractivity contribution in [2.75, 3.05) is 0 Å². The van der Waals surface area contributed by atoms with E-state index in [0.29, 0.717) is 11.1 Å². The van der Waals surface area contributed by atoms with Crippen molar-refractivity contribution in [3.05, 3.63) is 80.2 Å². The maximum atomic E-state index is 11.7. The highest BCUT2D eigenvalue weighted by Crippen LogP contribution is 2.27. The van der Waals surface area contributed by atoms with E-state index >= 15 is 0 Å². The topological polar surface area (TPSA) is 82.6 Å². The van der Waals surface area contributed by atoms with Gasteiger partial charge in [0.15, 0.2) is 5.75 Å². The second kappa shape index (κ2) is 5.92. The average Bonchev–Trinajstić information content (AvgIpc) is 2.52. The standard InChI is InChI=1S/C17H13NO5/c1-11-6-7-13-12(9-17(19)23-16(13)8-11)10-22-15-5-3-2-4-14(15)18(20)21/h2-9H,10H2,1H3. The number of fused-ring (bicyclic) bond motifs is 1. The lowest BCUT2D eigenvalue weighted by atomic mass is 10.1. The van der Waals surface area contributed by atoms with Crippen LogP contribution in [-0.2, 0) is 6.61 Å². The summed E-state index contributed by atoms with van der Waals surface area (Å²) in [6.45, 7) is 1.94. The Morgan fingerprint density at radius 2 is 1.96 bits per heavy atom. The zero-order chi connectivity index (χ0) is 16.4. The van der Waals surface area contributed by atoms with Crippen LogP contribution in [0.25, 0.3) is 11.0 Å². The molecule has 0 N–H and O–H groups in total. The minimum atomic E-state index is -0.504. The van der Waals surface area contributed by atoms with E-state index in [1.807, 2.05) is 19.1 Å². The highest BCUT2D eigenvalue weighted by Gasteiger charge is 2.14. The summed E-state index contributed by atoms with van der Waals surface area (Å²) in [5.41, 5.74) is 1.46. The quantitative estimate of drug-likeness (QED) is 0.418. The van der Waals surface area contributed by atoms with Gasteiger partial charge in [0.05, 0.1) is 4.92 Å². The minimum Gasteiger partial charge on any atom is -0.482 e. The fourth-order valence-corrected chi connectivity index (χ4v) is 2.34. The van der Waals surface area contributed by atoms with E-state index in [1.54, 1.807) is 18.2 Å². The van der Waals surface area contributed by atoms with Gasteiger partial charge < -0.3 is 9.15 Å². The summed E-state index contributed by atoms with van der Waals surface area (Å²) in [6, 6.07) is 13.0. The lowest BCUT2D eigenvalue weighted by Crippen LogP contribution is -2.05. The molecule has 0 aliphatic carbocycles. The maximum absolute atomic E-state index is 11.7. The molecule has 1 aromatic heterocycles. The lowest BCUT2D eigenvalue weighted by Gasteiger charge is -2.09. The molecule has 0 aliphatic rings. The van der Waals surface area contributed by atoms with Crippen molar-refractivity contribution < 1.29 is 14.1 Å². The largest absolute Gasteiger partial charge is 0.482 e. The Balaban J connectivity index is 1.97. The van der Waals surface area contributed by atoms with E-state index in [9.17, 15) is 14.9 Å². The van der Waals surface area contributed by atoms with E-state index in [2.05, 4.69) is 0 Å². The number of para-hydroxylation sites is 2. The Morgan fingerprint density at radius 3 is 2.74 bits per heavy atom. The first kappa shape index (κ1) is 14.8. The highest BCUT2D eigenvalue weighted by molar-refractivity contribution is 5.80. The van der Waals surface area contributed by atoms with Crippen molar-refractivity contribution in [3.8, 4) is 5.75 Å². The first-order valence-corrected chi connectivity index (χ1v) is 6.94. The van der Waals surface area contributed by atoms with Gasteiger partial charge in [-0.2, -0.15) is 0 Å². The molecule has 0 saturated carbocycles. The van der Waals surface area contributed by atoms with E-state index < -0.39 is 10.5 Å². The lowest BCUT2D eigenvalue weighted by molar-refractivity contribution is -0.385. The number of aryl methyl sites for hydroxylation is 1. The monoisotopic (exact) mass is 311 g/mol. The first-order valence-electron chi connectivity index (χ1n) is 6.94. The van der Waals surface area contributed by atoms with Gasteiger partial charge in [-0.1, -0.05) is 24.3 Å². The number of nitro benzene ring substituents is 1. The third-order valence-corrected chi connectivity index (χ3v) is 3.43. The molecule has 2 aromatic carbocycles. The van der Waals surface area contributed by atoms with Gasteiger partial charge in [0.25, 0.3) is 0 Å². The summed E-state index contributed by atoms with van der Waals surface area (Å²) in [4.78, 5) is 22.2. The Labute approximate surface area is 131 Å². The van der Waals surface area contributed by atoms with Crippen molar-refractivity contribution in [1.29, 1.82) is 0 Å². The van der Waals surface area contributed by atoms with Gasteiger partial charge in [-0.15, -0.1) is 0 Å². The number of nitro groups is 1. The van der Waals surface area contributed by atoms with E-state index in [0.717, 1.165) is 10.9 Å². The fourth-order valence-electron chi connectivity index (χ4n) is 2.34. The molecule has 0 saturated heterocycles. The minimum absolute atomic E-state index is 0.0377. The van der Waals surface area contributed by atoms with Crippen LogP contribution in [0.2, 0.25) is 0 Å². The van der Waals surface area contributed by atoms with Gasteiger partial charge in [0.1, 0.15) is 12.2 Å². The smallest absolute Gasteiger partial charge is 0.336 e. The van der Waals surface area contributed by atoms with Gasteiger partial charge in [0.2, 0.25) is 0 Å². The van der Waals surface area contributed by atoms with Crippen molar-refractivity contribution in [2.45, 2.75) is 13.5 Å². The first-order chi connectivity index (χ1) is 11.0. The number of hydrogen-bond acceptors (Lipinski definition) is 5. The predicted molar refractivity (Wildman–Crippen MR) is 84.6 cm³/mol. The van der Waals surface area contributed by atoms with Gasteiger partial charge in [-0.25, -0.2) is 4.79 Å². The third-order valence-electron chi connectivity index (χ3n) is 3.43. The van der Waals surface area contributed by atoms with E-state index in [1.165, 1.54) is 18.2 Å². The summed E-state index contributed by atoms with van der Waals surface area (Å²) in [7, 11) is 0.